The van der Waals surface area contributed by atoms with Crippen molar-refractivity contribution in [3.63, 3.8) is 0 Å². The smallest absolute Gasteiger partial charge is 0.0216 e. The van der Waals surface area contributed by atoms with E-state index in [2.05, 4.69) is 45.5 Å². The predicted octanol–water partition coefficient (Wildman–Crippen LogP) is 3.67. The van der Waals surface area contributed by atoms with Crippen LogP contribution in [0.3, 0.4) is 0 Å². The van der Waals surface area contributed by atoms with Crippen molar-refractivity contribution in [2.75, 3.05) is 0 Å². The molecule has 0 fully saturated rings. The second-order valence-corrected chi connectivity index (χ2v) is 3.85. The highest BCUT2D eigenvalue weighted by Gasteiger charge is 2.01. The second-order valence-electron chi connectivity index (χ2n) is 3.85. The zero-order valence-corrected chi connectivity index (χ0v) is 8.80. The highest BCUT2D eigenvalue weighted by atomic mass is 14.1. The third kappa shape index (κ3) is 2.73. The van der Waals surface area contributed by atoms with E-state index in [9.17, 15) is 0 Å². The lowest BCUT2D eigenvalue weighted by molar-refractivity contribution is 0.722. The van der Waals surface area contributed by atoms with Crippen LogP contribution >= 0.6 is 0 Å². The average molecular weight is 174 g/mol. The van der Waals surface area contributed by atoms with Crippen molar-refractivity contribution in [2.45, 2.75) is 27.2 Å². The third-order valence-electron chi connectivity index (χ3n) is 2.44. The molecule has 70 valence electrons. The maximum Gasteiger partial charge on any atom is -0.0216 e. The third-order valence-corrected chi connectivity index (χ3v) is 2.44. The van der Waals surface area contributed by atoms with E-state index in [4.69, 9.17) is 0 Å². The molecule has 1 aromatic carbocycles. The number of aryl methyl sites for hydroxylation is 2. The van der Waals surface area contributed by atoms with Crippen LogP contribution in [0.4, 0.5) is 0 Å². The predicted molar refractivity (Wildman–Crippen MR) is 59.0 cm³/mol. The molecule has 1 rings (SSSR count). The summed E-state index contributed by atoms with van der Waals surface area (Å²) in [4.78, 5) is 0. The van der Waals surface area contributed by atoms with Crippen LogP contribution in [0.25, 0.3) is 0 Å². The fourth-order valence-corrected chi connectivity index (χ4v) is 1.51. The van der Waals surface area contributed by atoms with Gasteiger partial charge in [-0.25, -0.2) is 0 Å². The first-order valence-electron chi connectivity index (χ1n) is 4.82. The molecule has 0 saturated heterocycles. The van der Waals surface area contributed by atoms with Crippen molar-refractivity contribution in [3.8, 4) is 0 Å². The van der Waals surface area contributed by atoms with Gasteiger partial charge >= 0.3 is 0 Å². The average Bonchev–Trinajstić information content (AvgIpc) is 2.09. The Bertz CT molecular complexity index is 297. The summed E-state index contributed by atoms with van der Waals surface area (Å²) in [6, 6.07) is 6.65. The molecule has 1 unspecified atom stereocenters. The normalized spacial score (nSPS) is 12.5. The molecule has 0 saturated carbocycles. The van der Waals surface area contributed by atoms with E-state index in [1.165, 1.54) is 16.7 Å². The molecular weight excluding hydrogens is 156 g/mol. The van der Waals surface area contributed by atoms with E-state index in [-0.39, 0.29) is 0 Å². The lowest BCUT2D eigenvalue weighted by atomic mass is 9.96. The van der Waals surface area contributed by atoms with E-state index in [1.807, 2.05) is 6.08 Å². The summed E-state index contributed by atoms with van der Waals surface area (Å²) in [5.41, 5.74) is 4.18. The van der Waals surface area contributed by atoms with Gasteiger partial charge in [0.2, 0.25) is 0 Å². The first-order valence-corrected chi connectivity index (χ1v) is 4.82. The lowest BCUT2D eigenvalue weighted by Gasteiger charge is -2.09. The molecule has 0 aromatic heterocycles. The topological polar surface area (TPSA) is 0 Å². The number of hydrogen-bond acceptors (Lipinski definition) is 0. The summed E-state index contributed by atoms with van der Waals surface area (Å²) in [5, 5.41) is 0. The van der Waals surface area contributed by atoms with Crippen molar-refractivity contribution >= 4 is 0 Å². The number of benzene rings is 1. The Kier molecular flexibility index (Phi) is 3.30. The Morgan fingerprint density at radius 2 is 2.08 bits per heavy atom. The van der Waals surface area contributed by atoms with Gasteiger partial charge in [-0.3, -0.25) is 0 Å². The highest BCUT2D eigenvalue weighted by molar-refractivity contribution is 5.30. The molecule has 1 aromatic rings. The van der Waals surface area contributed by atoms with E-state index < -0.39 is 0 Å². The molecule has 0 nitrogen and oxygen atoms in total. The van der Waals surface area contributed by atoms with Crippen molar-refractivity contribution in [1.29, 1.82) is 0 Å². The quantitative estimate of drug-likeness (QED) is 0.613. The van der Waals surface area contributed by atoms with Crippen LogP contribution in [0.15, 0.2) is 30.9 Å². The van der Waals surface area contributed by atoms with Crippen molar-refractivity contribution in [3.05, 3.63) is 47.5 Å². The van der Waals surface area contributed by atoms with Crippen LogP contribution in [-0.2, 0) is 6.42 Å². The maximum atomic E-state index is 3.80. The number of rotatable bonds is 3. The Labute approximate surface area is 81.3 Å². The monoisotopic (exact) mass is 174 g/mol. The molecule has 0 heteroatoms. The minimum absolute atomic E-state index is 0.571. The summed E-state index contributed by atoms with van der Waals surface area (Å²) >= 11 is 0. The Morgan fingerprint density at radius 3 is 2.62 bits per heavy atom. The highest BCUT2D eigenvalue weighted by Crippen LogP contribution is 2.15. The van der Waals surface area contributed by atoms with Crippen molar-refractivity contribution in [2.24, 2.45) is 5.92 Å². The fraction of sp³-hybridized carbons (Fsp3) is 0.385. The van der Waals surface area contributed by atoms with Crippen LogP contribution in [-0.4, -0.2) is 0 Å². The molecule has 13 heavy (non-hydrogen) atoms. The minimum atomic E-state index is 0.571. The Hall–Kier alpha value is -1.04. The molecule has 0 aliphatic carbocycles. The molecule has 1 atom stereocenters. The number of allylic oxidation sites excluding steroid dienone is 1. The molecular formula is C13H18. The summed E-state index contributed by atoms with van der Waals surface area (Å²) < 4.78 is 0. The van der Waals surface area contributed by atoms with Crippen LogP contribution in [0.2, 0.25) is 0 Å². The molecule has 0 amide bonds. The largest absolute Gasteiger partial charge is 0.103 e. The fourth-order valence-electron chi connectivity index (χ4n) is 1.51. The summed E-state index contributed by atoms with van der Waals surface area (Å²) in [6.07, 6.45) is 3.12. The van der Waals surface area contributed by atoms with Gasteiger partial charge in [0.25, 0.3) is 0 Å². The standard InChI is InChI=1S/C13H18/c1-5-10(2)9-13-7-6-11(3)8-12(13)4/h5-8,10H,1,9H2,2-4H3. The van der Waals surface area contributed by atoms with Gasteiger partial charge in [-0.2, -0.15) is 0 Å². The molecule has 0 aliphatic rings. The first kappa shape index (κ1) is 10.0. The van der Waals surface area contributed by atoms with E-state index in [0.717, 1.165) is 6.42 Å². The van der Waals surface area contributed by atoms with Gasteiger partial charge < -0.3 is 0 Å². The van der Waals surface area contributed by atoms with E-state index >= 15 is 0 Å². The summed E-state index contributed by atoms with van der Waals surface area (Å²) in [6.45, 7) is 10.3. The summed E-state index contributed by atoms with van der Waals surface area (Å²) in [7, 11) is 0. The van der Waals surface area contributed by atoms with E-state index in [1.54, 1.807) is 0 Å². The van der Waals surface area contributed by atoms with Crippen LogP contribution in [0, 0.1) is 19.8 Å². The molecule has 0 N–H and O–H groups in total. The van der Waals surface area contributed by atoms with Gasteiger partial charge in [0, 0.05) is 0 Å². The molecule has 0 bridgehead atoms. The van der Waals surface area contributed by atoms with Crippen LogP contribution in [0.1, 0.15) is 23.6 Å². The lowest BCUT2D eigenvalue weighted by Crippen LogP contribution is -1.97. The van der Waals surface area contributed by atoms with Crippen molar-refractivity contribution in [1.82, 2.24) is 0 Å². The molecule has 0 spiro atoms. The van der Waals surface area contributed by atoms with Gasteiger partial charge in [-0.05, 0) is 37.3 Å². The molecule has 0 aliphatic heterocycles. The van der Waals surface area contributed by atoms with Gasteiger partial charge in [0.1, 0.15) is 0 Å². The first-order chi connectivity index (χ1) is 6.13. The SMILES string of the molecule is C=CC(C)Cc1ccc(C)cc1C. The van der Waals surface area contributed by atoms with Crippen molar-refractivity contribution < 1.29 is 0 Å². The van der Waals surface area contributed by atoms with E-state index in [0.29, 0.717) is 5.92 Å². The van der Waals surface area contributed by atoms with Crippen LogP contribution in [0.5, 0.6) is 0 Å². The molecule has 0 heterocycles. The zero-order chi connectivity index (χ0) is 9.84. The Morgan fingerprint density at radius 1 is 1.38 bits per heavy atom. The van der Waals surface area contributed by atoms with Crippen LogP contribution < -0.4 is 0 Å². The van der Waals surface area contributed by atoms with Gasteiger partial charge in [0.15, 0.2) is 0 Å². The second kappa shape index (κ2) is 4.27. The molecule has 0 radical (unpaired) electrons. The number of hydrogen-bond donors (Lipinski definition) is 0. The maximum absolute atomic E-state index is 3.80. The van der Waals surface area contributed by atoms with Gasteiger partial charge in [-0.15, -0.1) is 6.58 Å². The van der Waals surface area contributed by atoms with Gasteiger partial charge in [-0.1, -0.05) is 36.8 Å². The minimum Gasteiger partial charge on any atom is -0.103 e. The zero-order valence-electron chi connectivity index (χ0n) is 8.80. The Balaban J connectivity index is 2.83. The van der Waals surface area contributed by atoms with Gasteiger partial charge in [0.05, 0.1) is 0 Å². The summed E-state index contributed by atoms with van der Waals surface area (Å²) in [5.74, 6) is 0.571.